The van der Waals surface area contributed by atoms with Crippen LogP contribution in [0.4, 0.5) is 8.78 Å². The van der Waals surface area contributed by atoms with Crippen LogP contribution in [0.3, 0.4) is 0 Å². The van der Waals surface area contributed by atoms with E-state index in [9.17, 15) is 8.78 Å². The van der Waals surface area contributed by atoms with Gasteiger partial charge < -0.3 is 20.3 Å². The molecule has 0 fully saturated rings. The van der Waals surface area contributed by atoms with Crippen LogP contribution in [0, 0.1) is 11.6 Å². The molecular formula is C21H29F2IN4O. The Bertz CT molecular complexity index is 765. The van der Waals surface area contributed by atoms with E-state index in [4.69, 9.17) is 4.74 Å². The van der Waals surface area contributed by atoms with E-state index in [1.54, 1.807) is 26.1 Å². The van der Waals surface area contributed by atoms with Gasteiger partial charge in [-0.05, 0) is 50.8 Å². The first-order chi connectivity index (χ1) is 13.5. The van der Waals surface area contributed by atoms with Crippen molar-refractivity contribution in [1.29, 1.82) is 0 Å². The van der Waals surface area contributed by atoms with Crippen molar-refractivity contribution in [3.05, 3.63) is 65.2 Å². The summed E-state index contributed by atoms with van der Waals surface area (Å²) in [5.74, 6) is 0.266. The highest BCUT2D eigenvalue weighted by Gasteiger charge is 2.22. The molecule has 0 radical (unpaired) electrons. The first kappa shape index (κ1) is 25.1. The normalized spacial score (nSPS) is 12.3. The summed E-state index contributed by atoms with van der Waals surface area (Å²) in [5, 5.41) is 6.35. The van der Waals surface area contributed by atoms with Crippen molar-refractivity contribution in [2.45, 2.75) is 19.5 Å². The molecule has 0 aliphatic heterocycles. The van der Waals surface area contributed by atoms with Gasteiger partial charge in [-0.25, -0.2) is 13.8 Å². The van der Waals surface area contributed by atoms with Crippen molar-refractivity contribution in [3.8, 4) is 5.75 Å². The molecule has 8 heteroatoms. The Labute approximate surface area is 188 Å². The Morgan fingerprint density at radius 2 is 1.69 bits per heavy atom. The lowest BCUT2D eigenvalue weighted by Gasteiger charge is -2.26. The zero-order chi connectivity index (χ0) is 20.5. The molecule has 0 aliphatic carbocycles. The number of nitrogens with zero attached hydrogens (tertiary/aromatic N) is 2. The average Bonchev–Trinajstić information content (AvgIpc) is 2.68. The van der Waals surface area contributed by atoms with Gasteiger partial charge in [0, 0.05) is 18.7 Å². The summed E-state index contributed by atoms with van der Waals surface area (Å²) >= 11 is 0. The Kier molecular flexibility index (Phi) is 10.9. The summed E-state index contributed by atoms with van der Waals surface area (Å²) in [5.41, 5.74) is 1.08. The van der Waals surface area contributed by atoms with Crippen LogP contribution in [-0.2, 0) is 6.54 Å². The van der Waals surface area contributed by atoms with Crippen molar-refractivity contribution >= 4 is 29.9 Å². The molecule has 1 atom stereocenters. The summed E-state index contributed by atoms with van der Waals surface area (Å²) in [7, 11) is 5.21. The lowest BCUT2D eigenvalue weighted by molar-refractivity contribution is 0.282. The topological polar surface area (TPSA) is 48.9 Å². The molecule has 160 valence electrons. The number of ether oxygens (including phenoxy) is 1. The fourth-order valence-electron chi connectivity index (χ4n) is 2.81. The smallest absolute Gasteiger partial charge is 0.191 e. The summed E-state index contributed by atoms with van der Waals surface area (Å²) in [6.45, 7) is 3.42. The minimum atomic E-state index is -0.555. The molecule has 0 spiro atoms. The minimum Gasteiger partial charge on any atom is -0.497 e. The second kappa shape index (κ2) is 12.6. The van der Waals surface area contributed by atoms with Gasteiger partial charge in [-0.1, -0.05) is 18.2 Å². The number of guanidine groups is 1. The minimum absolute atomic E-state index is 0. The van der Waals surface area contributed by atoms with Crippen LogP contribution in [0.2, 0.25) is 0 Å². The van der Waals surface area contributed by atoms with E-state index in [2.05, 4.69) is 15.6 Å². The predicted octanol–water partition coefficient (Wildman–Crippen LogP) is 3.95. The lowest BCUT2D eigenvalue weighted by Crippen LogP contribution is -2.42. The van der Waals surface area contributed by atoms with E-state index < -0.39 is 17.7 Å². The van der Waals surface area contributed by atoms with E-state index in [-0.39, 0.29) is 29.5 Å². The zero-order valence-electron chi connectivity index (χ0n) is 17.2. The largest absolute Gasteiger partial charge is 0.497 e. The Morgan fingerprint density at radius 1 is 1.07 bits per heavy atom. The van der Waals surface area contributed by atoms with Crippen LogP contribution in [0.1, 0.15) is 24.1 Å². The number of aliphatic imine (C=N–C) groups is 1. The summed E-state index contributed by atoms with van der Waals surface area (Å²) in [4.78, 5) is 6.34. The number of benzene rings is 2. The highest BCUT2D eigenvalue weighted by molar-refractivity contribution is 14.0. The SMILES string of the molecule is CCNC(=NCc1ccc(OC)cc1)NCC(c1c(F)cccc1F)N(C)C.I. The van der Waals surface area contributed by atoms with Crippen molar-refractivity contribution in [2.75, 3.05) is 34.3 Å². The summed E-state index contributed by atoms with van der Waals surface area (Å²) in [6, 6.07) is 11.1. The van der Waals surface area contributed by atoms with Crippen LogP contribution in [0.15, 0.2) is 47.5 Å². The second-order valence-corrected chi connectivity index (χ2v) is 6.54. The molecule has 0 saturated heterocycles. The highest BCUT2D eigenvalue weighted by atomic mass is 127. The maximum Gasteiger partial charge on any atom is 0.191 e. The van der Waals surface area contributed by atoms with Crippen molar-refractivity contribution < 1.29 is 13.5 Å². The van der Waals surface area contributed by atoms with E-state index in [0.717, 1.165) is 11.3 Å². The molecule has 0 heterocycles. The monoisotopic (exact) mass is 518 g/mol. The maximum absolute atomic E-state index is 14.2. The molecule has 2 rings (SSSR count). The van der Waals surface area contributed by atoms with Crippen LogP contribution in [0.25, 0.3) is 0 Å². The molecule has 2 aromatic rings. The van der Waals surface area contributed by atoms with Gasteiger partial charge in [-0.15, -0.1) is 24.0 Å². The lowest BCUT2D eigenvalue weighted by atomic mass is 10.0. The molecule has 0 aliphatic rings. The molecule has 0 amide bonds. The third kappa shape index (κ3) is 7.43. The first-order valence-electron chi connectivity index (χ1n) is 9.21. The highest BCUT2D eigenvalue weighted by Crippen LogP contribution is 2.23. The van der Waals surface area contributed by atoms with Crippen LogP contribution >= 0.6 is 24.0 Å². The van der Waals surface area contributed by atoms with Gasteiger partial charge in [0.05, 0.1) is 19.7 Å². The van der Waals surface area contributed by atoms with Gasteiger partial charge >= 0.3 is 0 Å². The number of likely N-dealkylation sites (N-methyl/N-ethyl adjacent to an activating group) is 1. The fraction of sp³-hybridized carbons (Fsp3) is 0.381. The number of halogens is 3. The van der Waals surface area contributed by atoms with Gasteiger partial charge in [0.25, 0.3) is 0 Å². The number of hydrogen-bond donors (Lipinski definition) is 2. The zero-order valence-corrected chi connectivity index (χ0v) is 19.5. The van der Waals surface area contributed by atoms with Gasteiger partial charge in [-0.2, -0.15) is 0 Å². The number of hydrogen-bond acceptors (Lipinski definition) is 3. The Balaban J connectivity index is 0.00000420. The summed E-state index contributed by atoms with van der Waals surface area (Å²) < 4.78 is 33.6. The number of methoxy groups -OCH3 is 1. The standard InChI is InChI=1S/C21H28F2N4O.HI/c1-5-24-21(25-13-15-9-11-16(28-4)12-10-15)26-14-19(27(2)3)20-17(22)7-6-8-18(20)23;/h6-12,19H,5,13-14H2,1-4H3,(H2,24,25,26);1H. The molecule has 0 bridgehead atoms. The number of nitrogens with one attached hydrogen (secondary N) is 2. The predicted molar refractivity (Wildman–Crippen MR) is 124 cm³/mol. The van der Waals surface area contributed by atoms with Crippen LogP contribution in [-0.4, -0.2) is 45.2 Å². The maximum atomic E-state index is 14.2. The molecule has 2 aromatic carbocycles. The third-order valence-corrected chi connectivity index (χ3v) is 4.34. The average molecular weight is 518 g/mol. The molecular weight excluding hydrogens is 489 g/mol. The first-order valence-corrected chi connectivity index (χ1v) is 9.21. The second-order valence-electron chi connectivity index (χ2n) is 6.54. The Morgan fingerprint density at radius 3 is 2.21 bits per heavy atom. The molecule has 5 nitrogen and oxygen atoms in total. The third-order valence-electron chi connectivity index (χ3n) is 4.34. The summed E-state index contributed by atoms with van der Waals surface area (Å²) in [6.07, 6.45) is 0. The van der Waals surface area contributed by atoms with Crippen LogP contribution in [0.5, 0.6) is 5.75 Å². The van der Waals surface area contributed by atoms with Gasteiger partial charge in [-0.3, -0.25) is 0 Å². The molecule has 0 saturated carbocycles. The van der Waals surface area contributed by atoms with Crippen molar-refractivity contribution in [1.82, 2.24) is 15.5 Å². The Hall–Kier alpha value is -1.94. The van der Waals surface area contributed by atoms with Crippen molar-refractivity contribution in [3.63, 3.8) is 0 Å². The number of rotatable bonds is 8. The van der Waals surface area contributed by atoms with E-state index >= 15 is 0 Å². The fourth-order valence-corrected chi connectivity index (χ4v) is 2.81. The van der Waals surface area contributed by atoms with Gasteiger partial charge in [0.2, 0.25) is 0 Å². The molecule has 29 heavy (non-hydrogen) atoms. The van der Waals surface area contributed by atoms with E-state index in [1.807, 2.05) is 31.2 Å². The van der Waals surface area contributed by atoms with E-state index in [1.165, 1.54) is 18.2 Å². The van der Waals surface area contributed by atoms with Gasteiger partial charge in [0.1, 0.15) is 17.4 Å². The molecule has 1 unspecified atom stereocenters. The van der Waals surface area contributed by atoms with E-state index in [0.29, 0.717) is 25.6 Å². The quantitative estimate of drug-likeness (QED) is 0.316. The van der Waals surface area contributed by atoms with Crippen LogP contribution < -0.4 is 15.4 Å². The molecule has 0 aromatic heterocycles. The van der Waals surface area contributed by atoms with Crippen molar-refractivity contribution in [2.24, 2.45) is 4.99 Å². The molecule has 2 N–H and O–H groups in total. The van der Waals surface area contributed by atoms with Gasteiger partial charge in [0.15, 0.2) is 5.96 Å².